The second-order valence-corrected chi connectivity index (χ2v) is 9.12. The maximum Gasteiger partial charge on any atom is 0.254 e. The molecular formula is C27H23FN4O3S. The predicted octanol–water partition coefficient (Wildman–Crippen LogP) is 5.43. The van der Waals surface area contributed by atoms with E-state index in [0.29, 0.717) is 33.4 Å². The molecule has 9 heteroatoms. The number of hydrogen-bond acceptors (Lipinski definition) is 6. The van der Waals surface area contributed by atoms with E-state index in [0.717, 1.165) is 5.56 Å². The lowest BCUT2D eigenvalue weighted by atomic mass is 9.85. The minimum absolute atomic E-state index is 0.0522. The van der Waals surface area contributed by atoms with Gasteiger partial charge in [0.2, 0.25) is 5.91 Å². The molecule has 0 unspecified atom stereocenters. The van der Waals surface area contributed by atoms with Crippen LogP contribution in [0, 0.1) is 24.1 Å². The van der Waals surface area contributed by atoms with Crippen molar-refractivity contribution in [1.82, 2.24) is 5.32 Å². The maximum atomic E-state index is 13.3. The molecule has 0 bridgehead atoms. The largest absolute Gasteiger partial charge is 0.468 e. The molecule has 0 saturated carbocycles. The highest BCUT2D eigenvalue weighted by Gasteiger charge is 2.36. The maximum absolute atomic E-state index is 13.3. The lowest BCUT2D eigenvalue weighted by Crippen LogP contribution is -2.31. The molecule has 36 heavy (non-hydrogen) atoms. The average Bonchev–Trinajstić information content (AvgIpc) is 3.39. The molecule has 0 aliphatic carbocycles. The number of nitrogens with zero attached hydrogens (tertiary/aromatic N) is 1. The van der Waals surface area contributed by atoms with Crippen molar-refractivity contribution in [2.45, 2.75) is 19.8 Å². The summed E-state index contributed by atoms with van der Waals surface area (Å²) in [4.78, 5) is 25.8. The van der Waals surface area contributed by atoms with Gasteiger partial charge in [-0.25, -0.2) is 4.39 Å². The van der Waals surface area contributed by atoms with Crippen LogP contribution in [0.2, 0.25) is 0 Å². The van der Waals surface area contributed by atoms with Crippen molar-refractivity contribution in [2.75, 3.05) is 16.4 Å². The molecule has 4 rings (SSSR count). The summed E-state index contributed by atoms with van der Waals surface area (Å²) >= 11 is 1.17. The minimum atomic E-state index is -0.783. The standard InChI is InChI=1S/C27H23FN4O3S/c1-16-5-9-19(10-6-16)31-23(33)15-36-27-21(14-29)25(22-4-3-13-35-22)24(17(2)30-27)26(34)32-20-11-7-18(28)8-12-20/h3-13,25,30H,15H2,1-2H3,(H,31,33)(H,32,34)/t25-/m0/s1. The molecule has 3 aromatic rings. The molecule has 3 N–H and O–H groups in total. The van der Waals surface area contributed by atoms with Crippen LogP contribution in [0.5, 0.6) is 0 Å². The lowest BCUT2D eigenvalue weighted by molar-refractivity contribution is -0.114. The third-order valence-corrected chi connectivity index (χ3v) is 6.52. The van der Waals surface area contributed by atoms with Crippen molar-refractivity contribution < 1.29 is 18.4 Å². The molecule has 1 atom stereocenters. The number of nitriles is 1. The number of nitrogens with one attached hydrogen (secondary N) is 3. The number of allylic oxidation sites excluding steroid dienone is 2. The monoisotopic (exact) mass is 502 g/mol. The Hall–Kier alpha value is -4.29. The van der Waals surface area contributed by atoms with E-state index >= 15 is 0 Å². The van der Waals surface area contributed by atoms with Gasteiger partial charge in [0.15, 0.2) is 0 Å². The van der Waals surface area contributed by atoms with Gasteiger partial charge in [0, 0.05) is 17.1 Å². The molecule has 7 nitrogen and oxygen atoms in total. The number of dihydropyridines is 1. The Labute approximate surface area is 212 Å². The van der Waals surface area contributed by atoms with Gasteiger partial charge in [-0.05, 0) is 62.4 Å². The number of carbonyl (C=O) groups excluding carboxylic acids is 2. The van der Waals surface area contributed by atoms with E-state index in [1.54, 1.807) is 19.1 Å². The van der Waals surface area contributed by atoms with Crippen LogP contribution in [0.3, 0.4) is 0 Å². The van der Waals surface area contributed by atoms with E-state index in [1.807, 2.05) is 31.2 Å². The van der Waals surface area contributed by atoms with Crippen LogP contribution in [-0.2, 0) is 9.59 Å². The summed E-state index contributed by atoms with van der Waals surface area (Å²) in [5, 5.41) is 19.2. The minimum Gasteiger partial charge on any atom is -0.468 e. The summed E-state index contributed by atoms with van der Waals surface area (Å²) in [7, 11) is 0. The highest BCUT2D eigenvalue weighted by molar-refractivity contribution is 8.03. The van der Waals surface area contributed by atoms with Gasteiger partial charge in [0.25, 0.3) is 5.91 Å². The van der Waals surface area contributed by atoms with Crippen LogP contribution in [0.25, 0.3) is 0 Å². The first-order valence-corrected chi connectivity index (χ1v) is 12.1. The fraction of sp³-hybridized carbons (Fsp3) is 0.148. The Bertz CT molecular complexity index is 1370. The van der Waals surface area contributed by atoms with Gasteiger partial charge < -0.3 is 20.4 Å². The molecular weight excluding hydrogens is 479 g/mol. The Morgan fingerprint density at radius 2 is 1.72 bits per heavy atom. The van der Waals surface area contributed by atoms with E-state index in [4.69, 9.17) is 4.42 Å². The summed E-state index contributed by atoms with van der Waals surface area (Å²) in [6, 6.07) is 18.4. The summed E-state index contributed by atoms with van der Waals surface area (Å²) < 4.78 is 18.9. The Morgan fingerprint density at radius 1 is 1.06 bits per heavy atom. The summed E-state index contributed by atoms with van der Waals surface area (Å²) in [5.41, 5.74) is 3.24. The predicted molar refractivity (Wildman–Crippen MR) is 137 cm³/mol. The molecule has 2 amide bonds. The van der Waals surface area contributed by atoms with Crippen molar-refractivity contribution in [3.63, 3.8) is 0 Å². The van der Waals surface area contributed by atoms with Gasteiger partial charge in [-0.3, -0.25) is 9.59 Å². The first kappa shape index (κ1) is 24.8. The number of carbonyl (C=O) groups is 2. The summed E-state index contributed by atoms with van der Waals surface area (Å²) in [6.45, 7) is 3.68. The molecule has 1 aliphatic rings. The fourth-order valence-corrected chi connectivity index (χ4v) is 4.66. The van der Waals surface area contributed by atoms with Gasteiger partial charge in [0.05, 0.1) is 40.2 Å². The molecule has 1 aromatic heterocycles. The molecule has 0 spiro atoms. The van der Waals surface area contributed by atoms with Crippen molar-refractivity contribution in [2.24, 2.45) is 0 Å². The molecule has 0 radical (unpaired) electrons. The zero-order chi connectivity index (χ0) is 25.7. The van der Waals surface area contributed by atoms with Crippen LogP contribution >= 0.6 is 11.8 Å². The Balaban J connectivity index is 1.57. The van der Waals surface area contributed by atoms with Crippen molar-refractivity contribution in [3.05, 3.63) is 106 Å². The van der Waals surface area contributed by atoms with Gasteiger partial charge in [-0.15, -0.1) is 0 Å². The SMILES string of the molecule is CC1=C(C(=O)Nc2ccc(F)cc2)[C@H](c2ccco2)C(C#N)=C(SCC(=O)Nc2ccc(C)cc2)N1. The Kier molecular flexibility index (Phi) is 7.56. The first-order valence-electron chi connectivity index (χ1n) is 11.1. The smallest absolute Gasteiger partial charge is 0.254 e. The quantitative estimate of drug-likeness (QED) is 0.398. The molecule has 2 heterocycles. The zero-order valence-corrected chi connectivity index (χ0v) is 20.4. The van der Waals surface area contributed by atoms with E-state index < -0.39 is 17.6 Å². The van der Waals surface area contributed by atoms with Gasteiger partial charge >= 0.3 is 0 Å². The van der Waals surface area contributed by atoms with Crippen LogP contribution in [0.1, 0.15) is 24.2 Å². The highest BCUT2D eigenvalue weighted by atomic mass is 32.2. The van der Waals surface area contributed by atoms with Gasteiger partial charge in [-0.1, -0.05) is 29.5 Å². The number of halogens is 1. The summed E-state index contributed by atoms with van der Waals surface area (Å²) in [5.74, 6) is -1.42. The van der Waals surface area contributed by atoms with E-state index in [9.17, 15) is 19.2 Å². The second-order valence-electron chi connectivity index (χ2n) is 8.13. The van der Waals surface area contributed by atoms with Crippen LogP contribution in [-0.4, -0.2) is 17.6 Å². The molecule has 0 saturated heterocycles. The van der Waals surface area contributed by atoms with Crippen LogP contribution in [0.4, 0.5) is 15.8 Å². The number of anilines is 2. The average molecular weight is 503 g/mol. The highest BCUT2D eigenvalue weighted by Crippen LogP contribution is 2.41. The fourth-order valence-electron chi connectivity index (χ4n) is 3.77. The number of aryl methyl sites for hydroxylation is 1. The molecule has 2 aromatic carbocycles. The number of hydrogen-bond donors (Lipinski definition) is 3. The first-order chi connectivity index (χ1) is 17.4. The number of amides is 2. The molecule has 1 aliphatic heterocycles. The van der Waals surface area contributed by atoms with Crippen LogP contribution < -0.4 is 16.0 Å². The second kappa shape index (κ2) is 11.0. The molecule has 0 fully saturated rings. The number of benzene rings is 2. The van der Waals surface area contributed by atoms with Gasteiger partial charge in [-0.2, -0.15) is 5.26 Å². The van der Waals surface area contributed by atoms with Crippen molar-refractivity contribution in [3.8, 4) is 6.07 Å². The molecule has 182 valence electrons. The Morgan fingerprint density at radius 3 is 2.36 bits per heavy atom. The van der Waals surface area contributed by atoms with E-state index in [1.165, 1.54) is 42.3 Å². The number of thioether (sulfide) groups is 1. The van der Waals surface area contributed by atoms with E-state index in [2.05, 4.69) is 22.0 Å². The van der Waals surface area contributed by atoms with Crippen molar-refractivity contribution in [1.29, 1.82) is 5.26 Å². The summed E-state index contributed by atoms with van der Waals surface area (Å²) in [6.07, 6.45) is 1.47. The third kappa shape index (κ3) is 5.67. The zero-order valence-electron chi connectivity index (χ0n) is 19.6. The van der Waals surface area contributed by atoms with Gasteiger partial charge in [0.1, 0.15) is 11.6 Å². The van der Waals surface area contributed by atoms with Crippen molar-refractivity contribution >= 4 is 35.0 Å². The lowest BCUT2D eigenvalue weighted by Gasteiger charge is -2.28. The van der Waals surface area contributed by atoms with E-state index in [-0.39, 0.29) is 17.2 Å². The topological polar surface area (TPSA) is 107 Å². The normalized spacial score (nSPS) is 15.2. The number of rotatable bonds is 7. The third-order valence-electron chi connectivity index (χ3n) is 5.50. The van der Waals surface area contributed by atoms with Crippen LogP contribution in [0.15, 0.2) is 93.2 Å². The number of furan rings is 1.